The molecule has 23 heavy (non-hydrogen) atoms. The van der Waals surface area contributed by atoms with Gasteiger partial charge in [0.05, 0.1) is 27.0 Å². The molecule has 1 aromatic carbocycles. The van der Waals surface area contributed by atoms with E-state index < -0.39 is 0 Å². The molecule has 1 aliphatic heterocycles. The monoisotopic (exact) mass is 344 g/mol. The van der Waals surface area contributed by atoms with Gasteiger partial charge in [0.25, 0.3) is 0 Å². The minimum atomic E-state index is 0. The third-order valence-corrected chi connectivity index (χ3v) is 3.96. The maximum absolute atomic E-state index is 12.5. The summed E-state index contributed by atoms with van der Waals surface area (Å²) in [7, 11) is 4.64. The van der Waals surface area contributed by atoms with Crippen LogP contribution in [-0.2, 0) is 4.79 Å². The highest BCUT2D eigenvalue weighted by Gasteiger charge is 2.26. The van der Waals surface area contributed by atoms with Crippen molar-refractivity contribution < 1.29 is 19.0 Å². The topological polar surface area (TPSA) is 68.8 Å². The molecule has 0 radical (unpaired) electrons. The van der Waals surface area contributed by atoms with Crippen LogP contribution < -0.4 is 24.8 Å². The van der Waals surface area contributed by atoms with E-state index in [-0.39, 0.29) is 24.2 Å². The van der Waals surface area contributed by atoms with Gasteiger partial charge in [-0.05, 0) is 38.4 Å². The van der Waals surface area contributed by atoms with E-state index in [9.17, 15) is 4.79 Å². The first kappa shape index (κ1) is 19.4. The molecule has 1 heterocycles. The van der Waals surface area contributed by atoms with Crippen LogP contribution >= 0.6 is 12.4 Å². The Balaban J connectivity index is 0.00000264. The number of carbonyl (C=O) groups excluding carboxylic acids is 1. The molecule has 6 nitrogen and oxygen atoms in total. The number of rotatable bonds is 5. The van der Waals surface area contributed by atoms with E-state index in [4.69, 9.17) is 14.2 Å². The molecule has 1 saturated heterocycles. The van der Waals surface area contributed by atoms with Crippen molar-refractivity contribution in [2.24, 2.45) is 5.92 Å². The molecule has 0 saturated carbocycles. The van der Waals surface area contributed by atoms with Crippen molar-refractivity contribution in [2.45, 2.75) is 25.8 Å². The van der Waals surface area contributed by atoms with Crippen molar-refractivity contribution in [3.05, 3.63) is 12.1 Å². The Morgan fingerprint density at radius 1 is 1.17 bits per heavy atom. The number of benzene rings is 1. The molecule has 7 heteroatoms. The minimum Gasteiger partial charge on any atom is -0.493 e. The first-order valence-corrected chi connectivity index (χ1v) is 7.43. The third-order valence-electron chi connectivity index (χ3n) is 3.96. The number of hydrogen-bond donors (Lipinski definition) is 2. The summed E-state index contributed by atoms with van der Waals surface area (Å²) in [6, 6.07) is 3.88. The maximum Gasteiger partial charge on any atom is 0.227 e. The molecule has 1 aromatic rings. The summed E-state index contributed by atoms with van der Waals surface area (Å²) in [6.45, 7) is 2.96. The maximum atomic E-state index is 12.5. The minimum absolute atomic E-state index is 0. The molecule has 1 aliphatic rings. The molecule has 0 bridgehead atoms. The molecule has 0 aliphatic carbocycles. The zero-order chi connectivity index (χ0) is 16.1. The summed E-state index contributed by atoms with van der Waals surface area (Å²) in [6.07, 6.45) is 1.67. The van der Waals surface area contributed by atoms with Crippen molar-refractivity contribution in [1.82, 2.24) is 5.32 Å². The van der Waals surface area contributed by atoms with Gasteiger partial charge in [-0.1, -0.05) is 0 Å². The van der Waals surface area contributed by atoms with Gasteiger partial charge in [-0.2, -0.15) is 0 Å². The lowest BCUT2D eigenvalue weighted by molar-refractivity contribution is -0.120. The van der Waals surface area contributed by atoms with Crippen LogP contribution in [0.4, 0.5) is 5.69 Å². The predicted molar refractivity (Wildman–Crippen MR) is 92.2 cm³/mol. The van der Waals surface area contributed by atoms with Gasteiger partial charge in [0.1, 0.15) is 0 Å². The Hall–Kier alpha value is -1.66. The fourth-order valence-corrected chi connectivity index (χ4v) is 2.80. The summed E-state index contributed by atoms with van der Waals surface area (Å²) >= 11 is 0. The second-order valence-electron chi connectivity index (χ2n) is 5.45. The van der Waals surface area contributed by atoms with Gasteiger partial charge in [-0.15, -0.1) is 12.4 Å². The molecule has 0 spiro atoms. The van der Waals surface area contributed by atoms with Crippen molar-refractivity contribution in [1.29, 1.82) is 0 Å². The second kappa shape index (κ2) is 8.84. The summed E-state index contributed by atoms with van der Waals surface area (Å²) in [5.74, 6) is 1.53. The van der Waals surface area contributed by atoms with Crippen LogP contribution in [0, 0.1) is 5.92 Å². The van der Waals surface area contributed by atoms with Crippen molar-refractivity contribution >= 4 is 24.0 Å². The van der Waals surface area contributed by atoms with E-state index in [1.54, 1.807) is 33.5 Å². The Bertz CT molecular complexity index is 539. The second-order valence-corrected chi connectivity index (χ2v) is 5.45. The first-order valence-electron chi connectivity index (χ1n) is 7.43. The van der Waals surface area contributed by atoms with E-state index in [2.05, 4.69) is 17.6 Å². The Morgan fingerprint density at radius 2 is 1.87 bits per heavy atom. The van der Waals surface area contributed by atoms with Crippen LogP contribution in [-0.4, -0.2) is 39.8 Å². The molecule has 2 atom stereocenters. The summed E-state index contributed by atoms with van der Waals surface area (Å²) in [4.78, 5) is 12.5. The molecule has 2 N–H and O–H groups in total. The van der Waals surface area contributed by atoms with E-state index >= 15 is 0 Å². The summed E-state index contributed by atoms with van der Waals surface area (Å²) < 4.78 is 16.0. The SMILES string of the molecule is COc1ccc(NC(=O)[C@H]2CCN[C@@H](C)C2)c(OC)c1OC.Cl. The lowest BCUT2D eigenvalue weighted by Crippen LogP contribution is -2.40. The van der Waals surface area contributed by atoms with Gasteiger partial charge >= 0.3 is 0 Å². The van der Waals surface area contributed by atoms with Gasteiger partial charge in [0, 0.05) is 12.0 Å². The number of anilines is 1. The number of piperidine rings is 1. The molecule has 0 aromatic heterocycles. The highest BCUT2D eigenvalue weighted by atomic mass is 35.5. The van der Waals surface area contributed by atoms with Crippen LogP contribution in [0.25, 0.3) is 0 Å². The molecule has 2 rings (SSSR count). The van der Waals surface area contributed by atoms with E-state index in [0.29, 0.717) is 29.0 Å². The number of hydrogen-bond acceptors (Lipinski definition) is 5. The average Bonchev–Trinajstić information content (AvgIpc) is 2.54. The van der Waals surface area contributed by atoms with E-state index in [0.717, 1.165) is 19.4 Å². The molecule has 0 unspecified atom stereocenters. The zero-order valence-electron chi connectivity index (χ0n) is 14.0. The van der Waals surface area contributed by atoms with Gasteiger partial charge < -0.3 is 24.8 Å². The Kier molecular flexibility index (Phi) is 7.45. The van der Waals surface area contributed by atoms with E-state index in [1.807, 2.05) is 0 Å². The van der Waals surface area contributed by atoms with Crippen molar-refractivity contribution in [3.63, 3.8) is 0 Å². The fraction of sp³-hybridized carbons (Fsp3) is 0.562. The highest BCUT2D eigenvalue weighted by molar-refractivity contribution is 5.95. The number of halogens is 1. The van der Waals surface area contributed by atoms with Gasteiger partial charge in [0.15, 0.2) is 11.5 Å². The third kappa shape index (κ3) is 4.42. The molecule has 1 fully saturated rings. The normalized spacial score (nSPS) is 20.2. The van der Waals surface area contributed by atoms with Crippen LogP contribution in [0.2, 0.25) is 0 Å². The lowest BCUT2D eigenvalue weighted by atomic mass is 9.92. The van der Waals surface area contributed by atoms with Crippen LogP contribution in [0.1, 0.15) is 19.8 Å². The van der Waals surface area contributed by atoms with Crippen molar-refractivity contribution in [3.8, 4) is 17.2 Å². The number of carbonyl (C=O) groups is 1. The quantitative estimate of drug-likeness (QED) is 0.858. The smallest absolute Gasteiger partial charge is 0.227 e. The van der Waals surface area contributed by atoms with E-state index in [1.165, 1.54) is 0 Å². The first-order chi connectivity index (χ1) is 10.6. The van der Waals surface area contributed by atoms with Gasteiger partial charge in [-0.25, -0.2) is 0 Å². The van der Waals surface area contributed by atoms with Gasteiger partial charge in [-0.3, -0.25) is 4.79 Å². The molecular weight excluding hydrogens is 320 g/mol. The Labute approximate surface area is 143 Å². The van der Waals surface area contributed by atoms with Crippen LogP contribution in [0.15, 0.2) is 12.1 Å². The zero-order valence-corrected chi connectivity index (χ0v) is 14.8. The molecule has 130 valence electrons. The molecular formula is C16H25ClN2O4. The van der Waals surface area contributed by atoms with Gasteiger partial charge in [0.2, 0.25) is 11.7 Å². The standard InChI is InChI=1S/C16H24N2O4.ClH/c1-10-9-11(7-8-17-10)16(19)18-12-5-6-13(20-2)15(22-4)14(12)21-3;/h5-6,10-11,17H,7-9H2,1-4H3,(H,18,19);1H/t10-,11-;/m0./s1. The summed E-state index contributed by atoms with van der Waals surface area (Å²) in [5, 5.41) is 6.30. The van der Waals surface area contributed by atoms with Crippen LogP contribution in [0.5, 0.6) is 17.2 Å². The number of amides is 1. The highest BCUT2D eigenvalue weighted by Crippen LogP contribution is 2.42. The number of nitrogens with one attached hydrogen (secondary N) is 2. The van der Waals surface area contributed by atoms with Crippen molar-refractivity contribution in [2.75, 3.05) is 33.2 Å². The Morgan fingerprint density at radius 3 is 2.43 bits per heavy atom. The number of ether oxygens (including phenoxy) is 3. The number of methoxy groups -OCH3 is 3. The van der Waals surface area contributed by atoms with Crippen LogP contribution in [0.3, 0.4) is 0 Å². The molecule has 1 amide bonds. The average molecular weight is 345 g/mol. The predicted octanol–water partition coefficient (Wildman–Crippen LogP) is 2.46. The summed E-state index contributed by atoms with van der Waals surface area (Å²) in [5.41, 5.74) is 0.594. The lowest BCUT2D eigenvalue weighted by Gasteiger charge is -2.27. The fourth-order valence-electron chi connectivity index (χ4n) is 2.80. The largest absolute Gasteiger partial charge is 0.493 e.